The Balaban J connectivity index is 0.000000171. The van der Waals surface area contributed by atoms with Gasteiger partial charge in [0.05, 0.1) is 5.69 Å². The van der Waals surface area contributed by atoms with E-state index in [0.717, 1.165) is 11.3 Å². The van der Waals surface area contributed by atoms with Crippen molar-refractivity contribution in [3.63, 3.8) is 0 Å². The number of terminal acetylenes is 1. The van der Waals surface area contributed by atoms with E-state index < -0.39 is 0 Å². The summed E-state index contributed by atoms with van der Waals surface area (Å²) in [5.41, 5.74) is 3.11. The van der Waals surface area contributed by atoms with Gasteiger partial charge in [-0.2, -0.15) is 0 Å². The standard InChI is InChI=1S/C9H8.C7H7N/c1-3-9-6-4-8(2)5-7-9;1-8-7-5-3-2-4-6-7/h1,4-7H,2H3;2-6H,1H2. The highest BCUT2D eigenvalue weighted by atomic mass is 14.7. The number of para-hydroxylation sites is 1. The van der Waals surface area contributed by atoms with Crippen LogP contribution in [0.4, 0.5) is 5.69 Å². The van der Waals surface area contributed by atoms with Gasteiger partial charge in [0.25, 0.3) is 0 Å². The van der Waals surface area contributed by atoms with Gasteiger partial charge in [0.15, 0.2) is 0 Å². The Morgan fingerprint density at radius 3 is 2.00 bits per heavy atom. The first-order valence-electron chi connectivity index (χ1n) is 5.31. The van der Waals surface area contributed by atoms with Gasteiger partial charge in [0.1, 0.15) is 0 Å². The largest absolute Gasteiger partial charge is 0.265 e. The van der Waals surface area contributed by atoms with Gasteiger partial charge in [0, 0.05) is 5.56 Å². The van der Waals surface area contributed by atoms with Crippen LogP contribution >= 0.6 is 0 Å². The summed E-state index contributed by atoms with van der Waals surface area (Å²) >= 11 is 0. The van der Waals surface area contributed by atoms with Crippen LogP contribution in [-0.4, -0.2) is 6.72 Å². The van der Waals surface area contributed by atoms with E-state index in [1.54, 1.807) is 0 Å². The highest BCUT2D eigenvalue weighted by Crippen LogP contribution is 2.06. The van der Waals surface area contributed by atoms with Gasteiger partial charge < -0.3 is 0 Å². The van der Waals surface area contributed by atoms with Crippen LogP contribution in [0.1, 0.15) is 11.1 Å². The fraction of sp³-hybridized carbons (Fsp3) is 0.0625. The van der Waals surface area contributed by atoms with E-state index in [2.05, 4.69) is 17.6 Å². The third-order valence-corrected chi connectivity index (χ3v) is 2.16. The summed E-state index contributed by atoms with van der Waals surface area (Å²) in [6.45, 7) is 5.42. The third kappa shape index (κ3) is 4.81. The van der Waals surface area contributed by atoms with Crippen LogP contribution in [0.25, 0.3) is 0 Å². The lowest BCUT2D eigenvalue weighted by atomic mass is 10.2. The zero-order valence-corrected chi connectivity index (χ0v) is 9.93. The molecule has 0 atom stereocenters. The minimum atomic E-state index is 0.924. The predicted molar refractivity (Wildman–Crippen MR) is 74.8 cm³/mol. The maximum atomic E-state index is 5.15. The molecule has 0 aromatic heterocycles. The van der Waals surface area contributed by atoms with Crippen molar-refractivity contribution in [2.75, 3.05) is 0 Å². The molecule has 2 aromatic carbocycles. The van der Waals surface area contributed by atoms with Crippen LogP contribution in [0.2, 0.25) is 0 Å². The van der Waals surface area contributed by atoms with Gasteiger partial charge >= 0.3 is 0 Å². The van der Waals surface area contributed by atoms with E-state index in [1.807, 2.05) is 61.5 Å². The molecule has 1 nitrogen and oxygen atoms in total. The fourth-order valence-electron chi connectivity index (χ4n) is 1.18. The van der Waals surface area contributed by atoms with Crippen LogP contribution in [0.15, 0.2) is 59.6 Å². The molecule has 0 aliphatic heterocycles. The lowest BCUT2D eigenvalue weighted by molar-refractivity contribution is 1.46. The molecule has 0 saturated heterocycles. The summed E-state index contributed by atoms with van der Waals surface area (Å²) in [5.74, 6) is 2.55. The fourth-order valence-corrected chi connectivity index (χ4v) is 1.18. The van der Waals surface area contributed by atoms with Crippen LogP contribution in [-0.2, 0) is 0 Å². The SMILES string of the molecule is C#Cc1ccc(C)cc1.C=Nc1ccccc1. The summed E-state index contributed by atoms with van der Waals surface area (Å²) < 4.78 is 0. The zero-order chi connectivity index (χ0) is 12.5. The van der Waals surface area contributed by atoms with Crippen molar-refractivity contribution in [3.8, 4) is 12.3 Å². The molecule has 0 aliphatic rings. The summed E-state index contributed by atoms with van der Waals surface area (Å²) in [7, 11) is 0. The Bertz CT molecular complexity index is 489. The van der Waals surface area contributed by atoms with E-state index in [0.29, 0.717) is 0 Å². The maximum Gasteiger partial charge on any atom is 0.0622 e. The number of aryl methyl sites for hydroxylation is 1. The third-order valence-electron chi connectivity index (χ3n) is 2.16. The topological polar surface area (TPSA) is 12.4 Å². The molecule has 0 spiro atoms. The molecule has 0 amide bonds. The highest BCUT2D eigenvalue weighted by molar-refractivity contribution is 5.44. The van der Waals surface area contributed by atoms with E-state index >= 15 is 0 Å². The molecule has 0 saturated carbocycles. The first-order chi connectivity index (χ1) is 8.26. The summed E-state index contributed by atoms with van der Waals surface area (Å²) in [6, 6.07) is 17.5. The van der Waals surface area contributed by atoms with Crippen LogP contribution in [0.3, 0.4) is 0 Å². The molecular weight excluding hydrogens is 206 g/mol. The highest BCUT2D eigenvalue weighted by Gasteiger charge is 1.82. The second kappa shape index (κ2) is 7.03. The Labute approximate surface area is 103 Å². The van der Waals surface area contributed by atoms with Crippen molar-refractivity contribution >= 4 is 12.4 Å². The Hall–Kier alpha value is -2.33. The number of hydrogen-bond acceptors (Lipinski definition) is 1. The van der Waals surface area contributed by atoms with Gasteiger partial charge in [-0.05, 0) is 37.9 Å². The molecule has 0 fully saturated rings. The van der Waals surface area contributed by atoms with E-state index in [4.69, 9.17) is 6.42 Å². The van der Waals surface area contributed by atoms with Crippen molar-refractivity contribution in [2.24, 2.45) is 4.99 Å². The van der Waals surface area contributed by atoms with Crippen LogP contribution in [0, 0.1) is 19.3 Å². The van der Waals surface area contributed by atoms with Gasteiger partial charge in [-0.15, -0.1) is 6.42 Å². The second-order valence-electron chi connectivity index (χ2n) is 3.50. The maximum absolute atomic E-state index is 5.15. The molecular formula is C16H15N. The number of aliphatic imine (C=N–C) groups is 1. The van der Waals surface area contributed by atoms with Gasteiger partial charge in [-0.1, -0.05) is 41.8 Å². The smallest absolute Gasteiger partial charge is 0.0622 e. The Morgan fingerprint density at radius 2 is 1.59 bits per heavy atom. The zero-order valence-electron chi connectivity index (χ0n) is 9.93. The van der Waals surface area contributed by atoms with Crippen molar-refractivity contribution in [3.05, 3.63) is 65.7 Å². The molecule has 0 unspecified atom stereocenters. The monoisotopic (exact) mass is 221 g/mol. The summed E-state index contributed by atoms with van der Waals surface area (Å²) in [6.07, 6.45) is 5.15. The van der Waals surface area contributed by atoms with E-state index in [1.165, 1.54) is 5.56 Å². The van der Waals surface area contributed by atoms with Crippen molar-refractivity contribution < 1.29 is 0 Å². The van der Waals surface area contributed by atoms with Crippen molar-refractivity contribution in [1.29, 1.82) is 0 Å². The summed E-state index contributed by atoms with van der Waals surface area (Å²) in [5, 5.41) is 0. The average molecular weight is 221 g/mol. The first-order valence-corrected chi connectivity index (χ1v) is 5.31. The normalized spacial score (nSPS) is 8.47. The molecule has 0 heterocycles. The predicted octanol–water partition coefficient (Wildman–Crippen LogP) is 4.00. The summed E-state index contributed by atoms with van der Waals surface area (Å²) in [4.78, 5) is 3.72. The van der Waals surface area contributed by atoms with Crippen molar-refractivity contribution in [1.82, 2.24) is 0 Å². The molecule has 84 valence electrons. The van der Waals surface area contributed by atoms with Crippen LogP contribution < -0.4 is 0 Å². The number of benzene rings is 2. The Kier molecular flexibility index (Phi) is 5.27. The minimum absolute atomic E-state index is 0.924. The first kappa shape index (κ1) is 12.7. The van der Waals surface area contributed by atoms with Gasteiger partial charge in [-0.25, -0.2) is 0 Å². The van der Waals surface area contributed by atoms with Crippen molar-refractivity contribution in [2.45, 2.75) is 6.92 Å². The molecule has 1 heteroatoms. The van der Waals surface area contributed by atoms with Crippen LogP contribution in [0.5, 0.6) is 0 Å². The molecule has 0 radical (unpaired) electrons. The molecule has 0 aliphatic carbocycles. The lowest BCUT2D eigenvalue weighted by Crippen LogP contribution is -1.72. The Morgan fingerprint density at radius 1 is 1.00 bits per heavy atom. The molecule has 2 rings (SSSR count). The quantitative estimate of drug-likeness (QED) is 0.510. The minimum Gasteiger partial charge on any atom is -0.265 e. The second-order valence-corrected chi connectivity index (χ2v) is 3.50. The van der Waals surface area contributed by atoms with E-state index in [9.17, 15) is 0 Å². The number of hydrogen-bond donors (Lipinski definition) is 0. The molecule has 0 N–H and O–H groups in total. The van der Waals surface area contributed by atoms with Gasteiger partial charge in [-0.3, -0.25) is 4.99 Å². The van der Waals surface area contributed by atoms with Gasteiger partial charge in [0.2, 0.25) is 0 Å². The lowest BCUT2D eigenvalue weighted by Gasteiger charge is -1.89. The molecule has 2 aromatic rings. The number of nitrogens with zero attached hydrogens (tertiary/aromatic N) is 1. The number of rotatable bonds is 1. The molecule has 17 heavy (non-hydrogen) atoms. The van der Waals surface area contributed by atoms with E-state index in [-0.39, 0.29) is 0 Å². The average Bonchev–Trinajstić information content (AvgIpc) is 2.41. The molecule has 0 bridgehead atoms.